The molecule has 1 fully saturated rings. The SMILES string of the molecule is COc1ccc(OC)c(/C(O)=C2\C(=O)C(=O)N(c3ccc(F)c(Cl)c3)C2c2ccccn2)c1. The van der Waals surface area contributed by atoms with E-state index in [1.165, 1.54) is 38.6 Å². The number of methoxy groups -OCH3 is 2. The minimum Gasteiger partial charge on any atom is -0.507 e. The molecular weight excluding hydrogens is 451 g/mol. The number of ketones is 1. The number of hydrogen-bond acceptors (Lipinski definition) is 6. The van der Waals surface area contributed by atoms with Crippen molar-refractivity contribution in [3.8, 4) is 11.5 Å². The van der Waals surface area contributed by atoms with Crippen molar-refractivity contribution in [2.75, 3.05) is 19.1 Å². The molecule has 2 aromatic carbocycles. The van der Waals surface area contributed by atoms with Gasteiger partial charge in [0, 0.05) is 11.9 Å². The van der Waals surface area contributed by atoms with Crippen LogP contribution in [-0.2, 0) is 9.59 Å². The molecule has 1 aliphatic heterocycles. The number of nitrogens with zero attached hydrogens (tertiary/aromatic N) is 2. The van der Waals surface area contributed by atoms with Crippen LogP contribution in [0.15, 0.2) is 66.4 Å². The number of hydrogen-bond donors (Lipinski definition) is 1. The number of aliphatic hydroxyl groups is 1. The average Bonchev–Trinajstić information content (AvgIpc) is 3.11. The van der Waals surface area contributed by atoms with E-state index >= 15 is 0 Å². The number of carbonyl (C=O) groups excluding carboxylic acids is 2. The summed E-state index contributed by atoms with van der Waals surface area (Å²) in [5.41, 5.74) is 0.454. The molecule has 0 aliphatic carbocycles. The molecule has 2 heterocycles. The smallest absolute Gasteiger partial charge is 0.300 e. The van der Waals surface area contributed by atoms with Gasteiger partial charge < -0.3 is 14.6 Å². The van der Waals surface area contributed by atoms with Gasteiger partial charge in [0.15, 0.2) is 0 Å². The second-order valence-electron chi connectivity index (χ2n) is 7.09. The van der Waals surface area contributed by atoms with E-state index in [4.69, 9.17) is 21.1 Å². The lowest BCUT2D eigenvalue weighted by Crippen LogP contribution is -2.29. The lowest BCUT2D eigenvalue weighted by atomic mass is 9.97. The highest BCUT2D eigenvalue weighted by Crippen LogP contribution is 2.43. The fraction of sp³-hybridized carbons (Fsp3) is 0.125. The van der Waals surface area contributed by atoms with Crippen molar-refractivity contribution in [1.82, 2.24) is 4.98 Å². The second-order valence-corrected chi connectivity index (χ2v) is 7.50. The minimum atomic E-state index is -1.09. The predicted octanol–water partition coefficient (Wildman–Crippen LogP) is 4.52. The van der Waals surface area contributed by atoms with Gasteiger partial charge in [0.1, 0.15) is 29.1 Å². The Kier molecular flexibility index (Phi) is 6.02. The molecule has 1 atom stereocenters. The summed E-state index contributed by atoms with van der Waals surface area (Å²) < 4.78 is 24.3. The second kappa shape index (κ2) is 8.91. The van der Waals surface area contributed by atoms with Crippen LogP contribution in [0.2, 0.25) is 5.02 Å². The first-order valence-electron chi connectivity index (χ1n) is 9.76. The zero-order valence-corrected chi connectivity index (χ0v) is 18.3. The molecule has 3 aromatic rings. The topological polar surface area (TPSA) is 89.0 Å². The summed E-state index contributed by atoms with van der Waals surface area (Å²) in [4.78, 5) is 31.7. The number of aliphatic hydroxyl groups excluding tert-OH is 1. The lowest BCUT2D eigenvalue weighted by molar-refractivity contribution is -0.132. The van der Waals surface area contributed by atoms with Crippen molar-refractivity contribution in [1.29, 1.82) is 0 Å². The highest BCUT2D eigenvalue weighted by Gasteiger charge is 2.48. The van der Waals surface area contributed by atoms with Gasteiger partial charge in [-0.3, -0.25) is 19.5 Å². The molecule has 1 saturated heterocycles. The van der Waals surface area contributed by atoms with Crippen LogP contribution >= 0.6 is 11.6 Å². The largest absolute Gasteiger partial charge is 0.507 e. The van der Waals surface area contributed by atoms with E-state index in [0.29, 0.717) is 11.4 Å². The molecule has 0 saturated carbocycles. The molecule has 1 unspecified atom stereocenters. The summed E-state index contributed by atoms with van der Waals surface area (Å²) in [6, 6.07) is 12.2. The molecule has 0 radical (unpaired) electrons. The van der Waals surface area contributed by atoms with E-state index in [2.05, 4.69) is 4.98 Å². The molecule has 1 N–H and O–H groups in total. The van der Waals surface area contributed by atoms with Gasteiger partial charge in [-0.2, -0.15) is 0 Å². The third-order valence-corrected chi connectivity index (χ3v) is 5.55. The Balaban J connectivity index is 1.98. The molecule has 7 nitrogen and oxygen atoms in total. The van der Waals surface area contributed by atoms with Crippen LogP contribution in [0.3, 0.4) is 0 Å². The van der Waals surface area contributed by atoms with Gasteiger partial charge >= 0.3 is 0 Å². The first-order chi connectivity index (χ1) is 15.9. The number of amides is 1. The molecule has 33 heavy (non-hydrogen) atoms. The monoisotopic (exact) mass is 468 g/mol. The molecule has 168 valence electrons. The van der Waals surface area contributed by atoms with Crippen LogP contribution < -0.4 is 14.4 Å². The van der Waals surface area contributed by atoms with Crippen LogP contribution in [0.4, 0.5) is 10.1 Å². The standard InChI is InChI=1S/C24H18ClFN2O5/c1-32-14-7-9-19(33-2)15(12-14)22(29)20-21(18-5-3-4-10-27-18)28(24(31)23(20)30)13-6-8-17(26)16(25)11-13/h3-12,21,29H,1-2H3/b22-20+. The maximum Gasteiger partial charge on any atom is 0.300 e. The van der Waals surface area contributed by atoms with Gasteiger partial charge in [0.05, 0.1) is 36.1 Å². The van der Waals surface area contributed by atoms with Crippen molar-refractivity contribution in [3.63, 3.8) is 0 Å². The number of rotatable bonds is 5. The molecule has 4 rings (SSSR count). The van der Waals surface area contributed by atoms with Gasteiger partial charge in [-0.1, -0.05) is 17.7 Å². The Morgan fingerprint density at radius 3 is 2.52 bits per heavy atom. The highest BCUT2D eigenvalue weighted by atomic mass is 35.5. The highest BCUT2D eigenvalue weighted by molar-refractivity contribution is 6.51. The van der Waals surface area contributed by atoms with Crippen LogP contribution in [0.5, 0.6) is 11.5 Å². The van der Waals surface area contributed by atoms with Crippen molar-refractivity contribution < 1.29 is 28.6 Å². The number of anilines is 1. The van der Waals surface area contributed by atoms with Gasteiger partial charge in [-0.05, 0) is 48.5 Å². The predicted molar refractivity (Wildman–Crippen MR) is 120 cm³/mol. The lowest BCUT2D eigenvalue weighted by Gasteiger charge is -2.25. The van der Waals surface area contributed by atoms with Crippen LogP contribution in [0, 0.1) is 5.82 Å². The first-order valence-corrected chi connectivity index (χ1v) is 10.1. The van der Waals surface area contributed by atoms with E-state index in [1.54, 1.807) is 30.3 Å². The Hall–Kier alpha value is -3.91. The van der Waals surface area contributed by atoms with Gasteiger partial charge in [0.25, 0.3) is 11.7 Å². The van der Waals surface area contributed by atoms with Crippen molar-refractivity contribution in [2.24, 2.45) is 0 Å². The quantitative estimate of drug-likeness (QED) is 0.336. The third-order valence-electron chi connectivity index (χ3n) is 5.26. The van der Waals surface area contributed by atoms with Gasteiger partial charge in [-0.15, -0.1) is 0 Å². The Bertz CT molecular complexity index is 1280. The number of carbonyl (C=O) groups is 2. The Morgan fingerprint density at radius 1 is 1.09 bits per heavy atom. The molecule has 1 amide bonds. The van der Waals surface area contributed by atoms with Crippen LogP contribution in [0.1, 0.15) is 17.3 Å². The van der Waals surface area contributed by atoms with E-state index < -0.39 is 29.3 Å². The van der Waals surface area contributed by atoms with Crippen molar-refractivity contribution in [2.45, 2.75) is 6.04 Å². The minimum absolute atomic E-state index is 0.160. The van der Waals surface area contributed by atoms with E-state index in [0.717, 1.165) is 11.0 Å². The fourth-order valence-corrected chi connectivity index (χ4v) is 3.87. The molecule has 1 aromatic heterocycles. The van der Waals surface area contributed by atoms with Crippen molar-refractivity contribution in [3.05, 3.63) is 88.5 Å². The molecule has 9 heteroatoms. The third kappa shape index (κ3) is 3.89. The van der Waals surface area contributed by atoms with Crippen LogP contribution in [-0.4, -0.2) is 36.0 Å². The normalized spacial score (nSPS) is 17.3. The number of aromatic nitrogens is 1. The maximum atomic E-state index is 13.8. The number of halogens is 2. The zero-order chi connectivity index (χ0) is 23.7. The zero-order valence-electron chi connectivity index (χ0n) is 17.6. The number of pyridine rings is 1. The first kappa shape index (κ1) is 22.3. The van der Waals surface area contributed by atoms with Crippen LogP contribution in [0.25, 0.3) is 5.76 Å². The summed E-state index contributed by atoms with van der Waals surface area (Å²) in [6.45, 7) is 0. The molecule has 1 aliphatic rings. The summed E-state index contributed by atoms with van der Waals surface area (Å²) >= 11 is 5.93. The number of benzene rings is 2. The Labute approximate surface area is 193 Å². The summed E-state index contributed by atoms with van der Waals surface area (Å²) in [6.07, 6.45) is 1.50. The molecule has 0 spiro atoms. The molecular formula is C24H18ClFN2O5. The van der Waals surface area contributed by atoms with Crippen molar-refractivity contribution >= 4 is 34.7 Å². The Morgan fingerprint density at radius 2 is 1.88 bits per heavy atom. The van der Waals surface area contributed by atoms with E-state index in [9.17, 15) is 19.1 Å². The van der Waals surface area contributed by atoms with E-state index in [-0.39, 0.29) is 27.6 Å². The number of Topliss-reactive ketones (excluding diaryl/α,β-unsaturated/α-hetero) is 1. The molecule has 0 bridgehead atoms. The van der Waals surface area contributed by atoms with E-state index in [1.807, 2.05) is 0 Å². The summed E-state index contributed by atoms with van der Waals surface area (Å²) in [5, 5.41) is 11.0. The fourth-order valence-electron chi connectivity index (χ4n) is 3.70. The summed E-state index contributed by atoms with van der Waals surface area (Å²) in [7, 11) is 2.87. The summed E-state index contributed by atoms with van der Waals surface area (Å²) in [5.74, 6) is -2.32. The maximum absolute atomic E-state index is 13.8. The van der Waals surface area contributed by atoms with Gasteiger partial charge in [0.2, 0.25) is 0 Å². The number of ether oxygens (including phenoxy) is 2. The van der Waals surface area contributed by atoms with Gasteiger partial charge in [-0.25, -0.2) is 4.39 Å². The average molecular weight is 469 g/mol.